The van der Waals surface area contributed by atoms with Gasteiger partial charge in [0.2, 0.25) is 5.91 Å². The van der Waals surface area contributed by atoms with Gasteiger partial charge in [-0.2, -0.15) is 0 Å². The van der Waals surface area contributed by atoms with Crippen molar-refractivity contribution in [3.63, 3.8) is 0 Å². The van der Waals surface area contributed by atoms with Crippen LogP contribution in [0.2, 0.25) is 0 Å². The Hall–Kier alpha value is -3.40. The van der Waals surface area contributed by atoms with Gasteiger partial charge in [0.15, 0.2) is 6.10 Å². The highest BCUT2D eigenvalue weighted by atomic mass is 16.5. The summed E-state index contributed by atoms with van der Waals surface area (Å²) < 4.78 is 5.73. The first kappa shape index (κ1) is 19.4. The smallest absolute Gasteiger partial charge is 0.307 e. The molecule has 4 nitrogen and oxygen atoms in total. The van der Waals surface area contributed by atoms with Gasteiger partial charge in [0, 0.05) is 12.1 Å². The molecule has 3 aromatic rings. The largest absolute Gasteiger partial charge is 0.453 e. The fourth-order valence-corrected chi connectivity index (χ4v) is 2.92. The molecule has 0 radical (unpaired) electrons. The SMILES string of the molecule is Cc1ccccc1NC(=O)CCC(=O)OC(c1ccccc1)c1ccccc1. The van der Waals surface area contributed by atoms with E-state index in [4.69, 9.17) is 4.74 Å². The molecule has 0 heterocycles. The monoisotopic (exact) mass is 373 g/mol. The lowest BCUT2D eigenvalue weighted by Gasteiger charge is -2.19. The summed E-state index contributed by atoms with van der Waals surface area (Å²) in [5, 5.41) is 2.84. The first-order chi connectivity index (χ1) is 13.6. The van der Waals surface area contributed by atoms with E-state index in [0.29, 0.717) is 0 Å². The van der Waals surface area contributed by atoms with Gasteiger partial charge < -0.3 is 10.1 Å². The number of ether oxygens (including phenoxy) is 1. The van der Waals surface area contributed by atoms with Gasteiger partial charge in [-0.15, -0.1) is 0 Å². The van der Waals surface area contributed by atoms with Crippen LogP contribution < -0.4 is 5.32 Å². The van der Waals surface area contributed by atoms with Crippen molar-refractivity contribution in [3.8, 4) is 0 Å². The Balaban J connectivity index is 1.61. The van der Waals surface area contributed by atoms with E-state index in [2.05, 4.69) is 5.32 Å². The van der Waals surface area contributed by atoms with Crippen molar-refractivity contribution in [2.45, 2.75) is 25.9 Å². The summed E-state index contributed by atoms with van der Waals surface area (Å²) in [5.41, 5.74) is 3.52. The second-order valence-corrected chi connectivity index (χ2v) is 6.55. The highest BCUT2D eigenvalue weighted by molar-refractivity contribution is 5.93. The van der Waals surface area contributed by atoms with Crippen LogP contribution in [0, 0.1) is 6.92 Å². The molecule has 0 aliphatic heterocycles. The second kappa shape index (κ2) is 9.51. The van der Waals surface area contributed by atoms with Crippen LogP contribution in [0.15, 0.2) is 84.9 Å². The number of aryl methyl sites for hydroxylation is 1. The number of hydrogen-bond donors (Lipinski definition) is 1. The molecule has 1 N–H and O–H groups in total. The number of nitrogens with one attached hydrogen (secondary N) is 1. The molecule has 0 saturated heterocycles. The number of para-hydroxylation sites is 1. The zero-order valence-electron chi connectivity index (χ0n) is 15.8. The predicted octanol–water partition coefficient (Wildman–Crippen LogP) is 5.05. The van der Waals surface area contributed by atoms with Gasteiger partial charge in [0.05, 0.1) is 6.42 Å². The van der Waals surface area contributed by atoms with Crippen LogP contribution >= 0.6 is 0 Å². The van der Waals surface area contributed by atoms with Crippen LogP contribution in [0.1, 0.15) is 35.6 Å². The van der Waals surface area contributed by atoms with E-state index in [1.54, 1.807) is 0 Å². The lowest BCUT2D eigenvalue weighted by molar-refractivity contribution is -0.148. The molecule has 3 rings (SSSR count). The molecular formula is C24H23NO3. The van der Waals surface area contributed by atoms with Gasteiger partial charge in [-0.25, -0.2) is 0 Å². The molecule has 28 heavy (non-hydrogen) atoms. The predicted molar refractivity (Wildman–Crippen MR) is 110 cm³/mol. The number of esters is 1. The number of hydrogen-bond acceptors (Lipinski definition) is 3. The molecule has 1 amide bonds. The Kier molecular flexibility index (Phi) is 6.58. The molecule has 0 saturated carbocycles. The molecule has 0 fully saturated rings. The Labute approximate surface area is 165 Å². The fourth-order valence-electron chi connectivity index (χ4n) is 2.92. The minimum Gasteiger partial charge on any atom is -0.453 e. The first-order valence-corrected chi connectivity index (χ1v) is 9.28. The van der Waals surface area contributed by atoms with Crippen molar-refractivity contribution in [1.29, 1.82) is 0 Å². The number of carbonyl (C=O) groups is 2. The van der Waals surface area contributed by atoms with Crippen molar-refractivity contribution in [2.75, 3.05) is 5.32 Å². The van der Waals surface area contributed by atoms with Crippen LogP contribution in [0.3, 0.4) is 0 Å². The summed E-state index contributed by atoms with van der Waals surface area (Å²) in [5.74, 6) is -0.611. The molecule has 0 atom stereocenters. The Bertz CT molecular complexity index is 883. The molecule has 3 aromatic carbocycles. The topological polar surface area (TPSA) is 55.4 Å². The van der Waals surface area contributed by atoms with Crippen molar-refractivity contribution >= 4 is 17.6 Å². The molecule has 0 spiro atoms. The van der Waals surface area contributed by atoms with Gasteiger partial charge in [0.25, 0.3) is 0 Å². The van der Waals surface area contributed by atoms with Gasteiger partial charge in [-0.1, -0.05) is 78.9 Å². The Morgan fingerprint density at radius 2 is 1.32 bits per heavy atom. The highest BCUT2D eigenvalue weighted by Gasteiger charge is 2.19. The molecule has 0 aliphatic rings. The summed E-state index contributed by atoms with van der Waals surface area (Å²) in [4.78, 5) is 24.6. The maximum Gasteiger partial charge on any atom is 0.307 e. The zero-order chi connectivity index (χ0) is 19.8. The minimum atomic E-state index is -0.491. The zero-order valence-corrected chi connectivity index (χ0v) is 15.8. The van der Waals surface area contributed by atoms with Crippen molar-refractivity contribution in [3.05, 3.63) is 102 Å². The third-order valence-corrected chi connectivity index (χ3v) is 4.43. The Morgan fingerprint density at radius 1 is 0.786 bits per heavy atom. The number of anilines is 1. The van der Waals surface area contributed by atoms with E-state index in [-0.39, 0.29) is 18.7 Å². The second-order valence-electron chi connectivity index (χ2n) is 6.55. The molecule has 0 unspecified atom stereocenters. The standard InChI is InChI=1S/C24H23NO3/c1-18-10-8-9-15-21(18)25-22(26)16-17-23(27)28-24(19-11-4-2-5-12-19)20-13-6-3-7-14-20/h2-15,24H,16-17H2,1H3,(H,25,26). The number of rotatable bonds is 7. The van der Waals surface area contributed by atoms with Crippen molar-refractivity contribution in [1.82, 2.24) is 0 Å². The maximum absolute atomic E-state index is 12.4. The molecule has 0 bridgehead atoms. The van der Waals surface area contributed by atoms with E-state index in [9.17, 15) is 9.59 Å². The minimum absolute atomic E-state index is 0.0217. The average Bonchev–Trinajstić information content (AvgIpc) is 2.73. The number of carbonyl (C=O) groups excluding carboxylic acids is 2. The lowest BCUT2D eigenvalue weighted by atomic mass is 10.0. The van der Waals surface area contributed by atoms with E-state index >= 15 is 0 Å². The molecular weight excluding hydrogens is 350 g/mol. The number of amides is 1. The van der Waals surface area contributed by atoms with E-state index < -0.39 is 12.1 Å². The first-order valence-electron chi connectivity index (χ1n) is 9.28. The molecule has 0 aliphatic carbocycles. The van der Waals surface area contributed by atoms with E-state index in [1.807, 2.05) is 91.9 Å². The van der Waals surface area contributed by atoms with Crippen LogP contribution in [-0.4, -0.2) is 11.9 Å². The molecule has 142 valence electrons. The Morgan fingerprint density at radius 3 is 1.89 bits per heavy atom. The summed E-state index contributed by atoms with van der Waals surface area (Å²) in [6, 6.07) is 26.7. The van der Waals surface area contributed by atoms with Gasteiger partial charge in [0.1, 0.15) is 0 Å². The number of benzene rings is 3. The average molecular weight is 373 g/mol. The van der Waals surface area contributed by atoms with Crippen molar-refractivity contribution in [2.24, 2.45) is 0 Å². The van der Waals surface area contributed by atoms with Crippen molar-refractivity contribution < 1.29 is 14.3 Å². The van der Waals surface area contributed by atoms with E-state index in [0.717, 1.165) is 22.4 Å². The third kappa shape index (κ3) is 5.30. The van der Waals surface area contributed by atoms with E-state index in [1.165, 1.54) is 0 Å². The van der Waals surface area contributed by atoms with Crippen LogP contribution in [-0.2, 0) is 14.3 Å². The van der Waals surface area contributed by atoms with Gasteiger partial charge in [-0.05, 0) is 29.7 Å². The summed E-state index contributed by atoms with van der Waals surface area (Å²) in [6.07, 6.45) is -0.397. The third-order valence-electron chi connectivity index (χ3n) is 4.43. The lowest BCUT2D eigenvalue weighted by Crippen LogP contribution is -2.17. The maximum atomic E-state index is 12.4. The summed E-state index contributed by atoms with van der Waals surface area (Å²) >= 11 is 0. The van der Waals surface area contributed by atoms with Crippen LogP contribution in [0.4, 0.5) is 5.69 Å². The van der Waals surface area contributed by atoms with Crippen LogP contribution in [0.5, 0.6) is 0 Å². The summed E-state index contributed by atoms with van der Waals surface area (Å²) in [6.45, 7) is 1.92. The fraction of sp³-hybridized carbons (Fsp3) is 0.167. The molecule has 4 heteroatoms. The highest BCUT2D eigenvalue weighted by Crippen LogP contribution is 2.26. The molecule has 0 aromatic heterocycles. The van der Waals surface area contributed by atoms with Gasteiger partial charge >= 0.3 is 5.97 Å². The van der Waals surface area contributed by atoms with Gasteiger partial charge in [-0.3, -0.25) is 9.59 Å². The quantitative estimate of drug-likeness (QED) is 0.590. The van der Waals surface area contributed by atoms with Crippen LogP contribution in [0.25, 0.3) is 0 Å². The normalized spacial score (nSPS) is 10.5. The summed E-state index contributed by atoms with van der Waals surface area (Å²) in [7, 11) is 0.